The normalized spacial score (nSPS) is 17.2. The molecule has 27 heavy (non-hydrogen) atoms. The Balaban J connectivity index is 1.54. The number of ether oxygens (including phenoxy) is 2. The first-order valence-electron chi connectivity index (χ1n) is 9.24. The molecule has 0 amide bonds. The molecule has 4 nitrogen and oxygen atoms in total. The maximum Gasteiger partial charge on any atom is 0.127 e. The third-order valence-corrected chi connectivity index (χ3v) is 6.04. The Labute approximate surface area is 164 Å². The zero-order chi connectivity index (χ0) is 18.6. The first-order chi connectivity index (χ1) is 13.3. The molecule has 0 aliphatic carbocycles. The summed E-state index contributed by atoms with van der Waals surface area (Å²) < 4.78 is 11.0. The van der Waals surface area contributed by atoms with Gasteiger partial charge >= 0.3 is 0 Å². The van der Waals surface area contributed by atoms with E-state index in [1.165, 1.54) is 17.5 Å². The minimum absolute atomic E-state index is 0.354. The molecule has 0 radical (unpaired) electrons. The second-order valence-corrected chi connectivity index (χ2v) is 7.60. The second-order valence-electron chi connectivity index (χ2n) is 6.75. The zero-order valence-electron chi connectivity index (χ0n) is 15.7. The first kappa shape index (κ1) is 18.0. The fourth-order valence-corrected chi connectivity index (χ4v) is 4.58. The number of thiazole rings is 1. The van der Waals surface area contributed by atoms with Gasteiger partial charge in [-0.1, -0.05) is 36.4 Å². The Bertz CT molecular complexity index is 894. The highest BCUT2D eigenvalue weighted by Crippen LogP contribution is 2.39. The maximum absolute atomic E-state index is 5.64. The summed E-state index contributed by atoms with van der Waals surface area (Å²) in [5, 5.41) is 3.27. The molecule has 1 atom stereocenters. The van der Waals surface area contributed by atoms with E-state index in [9.17, 15) is 0 Å². The lowest BCUT2D eigenvalue weighted by atomic mass is 10.0. The van der Waals surface area contributed by atoms with E-state index in [0.29, 0.717) is 6.04 Å². The summed E-state index contributed by atoms with van der Waals surface area (Å²) in [5.74, 6) is 1.72. The van der Waals surface area contributed by atoms with Crippen molar-refractivity contribution in [1.82, 2.24) is 9.88 Å². The van der Waals surface area contributed by atoms with Crippen LogP contribution in [0.5, 0.6) is 11.5 Å². The van der Waals surface area contributed by atoms with Gasteiger partial charge in [0.15, 0.2) is 0 Å². The molecular weight excluding hydrogens is 356 g/mol. The predicted octanol–water partition coefficient (Wildman–Crippen LogP) is 5.16. The summed E-state index contributed by atoms with van der Waals surface area (Å²) in [6, 6.07) is 16.9. The molecule has 4 rings (SSSR count). The van der Waals surface area contributed by atoms with Gasteiger partial charge in [0.1, 0.15) is 16.5 Å². The lowest BCUT2D eigenvalue weighted by Crippen LogP contribution is -2.23. The molecule has 1 saturated heterocycles. The summed E-state index contributed by atoms with van der Waals surface area (Å²) in [4.78, 5) is 7.38. The van der Waals surface area contributed by atoms with Crippen LogP contribution < -0.4 is 9.47 Å². The van der Waals surface area contributed by atoms with Gasteiger partial charge in [0, 0.05) is 35.2 Å². The van der Waals surface area contributed by atoms with Crippen LogP contribution in [-0.2, 0) is 6.54 Å². The standard InChI is InChI=1S/C22H24N2O2S/c1-25-18-10-11-19(21(13-18)26-2)20-9-6-12-24(20)14-17-15-27-22(23-17)16-7-4-3-5-8-16/h3-5,7-8,10-11,13,15,20H,6,9,12,14H2,1-2H3/t20-/m1/s1. The molecule has 140 valence electrons. The number of hydrogen-bond acceptors (Lipinski definition) is 5. The van der Waals surface area contributed by atoms with Gasteiger partial charge < -0.3 is 9.47 Å². The smallest absolute Gasteiger partial charge is 0.127 e. The number of benzene rings is 2. The van der Waals surface area contributed by atoms with Crippen LogP contribution in [0.25, 0.3) is 10.6 Å². The molecule has 0 bridgehead atoms. The van der Waals surface area contributed by atoms with Crippen molar-refractivity contribution in [2.75, 3.05) is 20.8 Å². The van der Waals surface area contributed by atoms with Crippen molar-refractivity contribution in [2.24, 2.45) is 0 Å². The Morgan fingerprint density at radius 1 is 1.11 bits per heavy atom. The van der Waals surface area contributed by atoms with Crippen LogP contribution in [-0.4, -0.2) is 30.6 Å². The third kappa shape index (κ3) is 3.84. The molecule has 0 unspecified atom stereocenters. The number of rotatable bonds is 6. The van der Waals surface area contributed by atoms with Crippen LogP contribution in [0.1, 0.15) is 30.1 Å². The van der Waals surface area contributed by atoms with Gasteiger partial charge in [-0.15, -0.1) is 11.3 Å². The number of likely N-dealkylation sites (tertiary alicyclic amines) is 1. The van der Waals surface area contributed by atoms with Crippen LogP contribution in [0, 0.1) is 0 Å². The minimum atomic E-state index is 0.354. The Morgan fingerprint density at radius 2 is 1.96 bits per heavy atom. The SMILES string of the molecule is COc1ccc([C@H]2CCCN2Cc2csc(-c3ccccc3)n2)c(OC)c1. The van der Waals surface area contributed by atoms with Gasteiger partial charge in [-0.2, -0.15) is 0 Å². The number of nitrogens with zero attached hydrogens (tertiary/aromatic N) is 2. The fraction of sp³-hybridized carbons (Fsp3) is 0.318. The molecule has 3 aromatic rings. The molecule has 1 fully saturated rings. The minimum Gasteiger partial charge on any atom is -0.497 e. The predicted molar refractivity (Wildman–Crippen MR) is 109 cm³/mol. The molecule has 0 spiro atoms. The van der Waals surface area contributed by atoms with Crippen LogP contribution in [0.15, 0.2) is 53.9 Å². The van der Waals surface area contributed by atoms with E-state index in [0.717, 1.165) is 41.7 Å². The van der Waals surface area contributed by atoms with Crippen LogP contribution >= 0.6 is 11.3 Å². The van der Waals surface area contributed by atoms with E-state index < -0.39 is 0 Å². The maximum atomic E-state index is 5.64. The van der Waals surface area contributed by atoms with E-state index in [1.807, 2.05) is 18.2 Å². The van der Waals surface area contributed by atoms with Gasteiger partial charge in [-0.3, -0.25) is 4.90 Å². The largest absolute Gasteiger partial charge is 0.497 e. The number of hydrogen-bond donors (Lipinski definition) is 0. The van der Waals surface area contributed by atoms with Crippen LogP contribution in [0.2, 0.25) is 0 Å². The van der Waals surface area contributed by atoms with E-state index in [4.69, 9.17) is 14.5 Å². The number of aromatic nitrogens is 1. The average molecular weight is 381 g/mol. The number of methoxy groups -OCH3 is 2. The van der Waals surface area contributed by atoms with Gasteiger partial charge in [0.2, 0.25) is 0 Å². The van der Waals surface area contributed by atoms with Crippen molar-refractivity contribution in [1.29, 1.82) is 0 Å². The van der Waals surface area contributed by atoms with Crippen LogP contribution in [0.3, 0.4) is 0 Å². The van der Waals surface area contributed by atoms with Crippen molar-refractivity contribution >= 4 is 11.3 Å². The molecule has 1 aliphatic heterocycles. The van der Waals surface area contributed by atoms with Gasteiger partial charge in [-0.05, 0) is 25.5 Å². The summed E-state index contributed by atoms with van der Waals surface area (Å²) in [5.41, 5.74) is 3.55. The molecule has 0 saturated carbocycles. The van der Waals surface area contributed by atoms with Gasteiger partial charge in [0.05, 0.1) is 19.9 Å². The highest BCUT2D eigenvalue weighted by molar-refractivity contribution is 7.13. The summed E-state index contributed by atoms with van der Waals surface area (Å²) in [6.07, 6.45) is 2.33. The van der Waals surface area contributed by atoms with Crippen molar-refractivity contribution in [3.63, 3.8) is 0 Å². The van der Waals surface area contributed by atoms with E-state index >= 15 is 0 Å². The average Bonchev–Trinajstić information content (AvgIpc) is 3.38. The summed E-state index contributed by atoms with van der Waals surface area (Å²) in [7, 11) is 3.41. The molecule has 0 N–H and O–H groups in total. The zero-order valence-corrected chi connectivity index (χ0v) is 16.5. The van der Waals surface area contributed by atoms with Crippen molar-refractivity contribution in [2.45, 2.75) is 25.4 Å². The Morgan fingerprint density at radius 3 is 2.74 bits per heavy atom. The monoisotopic (exact) mass is 380 g/mol. The molecule has 5 heteroatoms. The van der Waals surface area contributed by atoms with E-state index in [1.54, 1.807) is 25.6 Å². The fourth-order valence-electron chi connectivity index (χ4n) is 3.76. The molecule has 2 aromatic carbocycles. The van der Waals surface area contributed by atoms with E-state index in [-0.39, 0.29) is 0 Å². The van der Waals surface area contributed by atoms with Gasteiger partial charge in [-0.25, -0.2) is 4.98 Å². The molecule has 1 aliphatic rings. The first-order valence-corrected chi connectivity index (χ1v) is 10.1. The third-order valence-electron chi connectivity index (χ3n) is 5.10. The van der Waals surface area contributed by atoms with Crippen molar-refractivity contribution in [3.8, 4) is 22.1 Å². The van der Waals surface area contributed by atoms with Crippen LogP contribution in [0.4, 0.5) is 0 Å². The Kier molecular flexibility index (Phi) is 5.41. The molecular formula is C22H24N2O2S. The lowest BCUT2D eigenvalue weighted by Gasteiger charge is -2.25. The van der Waals surface area contributed by atoms with Gasteiger partial charge in [0.25, 0.3) is 0 Å². The molecule has 2 heterocycles. The highest BCUT2D eigenvalue weighted by Gasteiger charge is 2.29. The second kappa shape index (κ2) is 8.11. The Hall–Kier alpha value is -2.37. The highest BCUT2D eigenvalue weighted by atomic mass is 32.1. The van der Waals surface area contributed by atoms with Crippen molar-refractivity contribution in [3.05, 3.63) is 65.2 Å². The lowest BCUT2D eigenvalue weighted by molar-refractivity contribution is 0.240. The summed E-state index contributed by atoms with van der Waals surface area (Å²) >= 11 is 1.72. The topological polar surface area (TPSA) is 34.6 Å². The summed E-state index contributed by atoms with van der Waals surface area (Å²) in [6.45, 7) is 1.95. The van der Waals surface area contributed by atoms with E-state index in [2.05, 4.69) is 40.6 Å². The van der Waals surface area contributed by atoms with Crippen molar-refractivity contribution < 1.29 is 9.47 Å². The molecule has 1 aromatic heterocycles. The quantitative estimate of drug-likeness (QED) is 0.591.